The van der Waals surface area contributed by atoms with Crippen molar-refractivity contribution in [1.82, 2.24) is 4.98 Å². The molecule has 3 aromatic rings. The van der Waals surface area contributed by atoms with E-state index in [1.807, 2.05) is 12.1 Å². The molecule has 0 aliphatic heterocycles. The van der Waals surface area contributed by atoms with E-state index in [1.54, 1.807) is 30.3 Å². The van der Waals surface area contributed by atoms with Crippen LogP contribution in [0.3, 0.4) is 0 Å². The Bertz CT molecular complexity index is 915. The molecule has 25 heavy (non-hydrogen) atoms. The largest absolute Gasteiger partial charge is 0.544 e. The first-order valence-electron chi connectivity index (χ1n) is 7.29. The number of thioether (sulfide) groups is 1. The van der Waals surface area contributed by atoms with Gasteiger partial charge in [0.25, 0.3) is 5.22 Å². The molecule has 1 aromatic heterocycles. The number of fused-ring (bicyclic) bond motifs is 1. The van der Waals surface area contributed by atoms with Crippen molar-refractivity contribution in [3.8, 4) is 11.5 Å². The number of carboxylic acids is 1. The highest BCUT2D eigenvalue weighted by atomic mass is 32.2. The molecule has 0 N–H and O–H groups in total. The SMILES string of the molecule is COc1ccc(/C=C(/Sc2nc3ccccc3o2)C(=O)[O-])cc1OC. The van der Waals surface area contributed by atoms with Gasteiger partial charge in [-0.3, -0.25) is 0 Å². The highest BCUT2D eigenvalue weighted by Crippen LogP contribution is 2.32. The van der Waals surface area contributed by atoms with E-state index in [0.717, 1.165) is 11.8 Å². The maximum atomic E-state index is 11.5. The molecule has 0 saturated carbocycles. The first kappa shape index (κ1) is 16.9. The molecular weight excluding hydrogens is 342 g/mol. The predicted octanol–water partition coefficient (Wildman–Crippen LogP) is 2.73. The number of methoxy groups -OCH3 is 2. The Morgan fingerprint density at radius 2 is 1.92 bits per heavy atom. The topological polar surface area (TPSA) is 84.6 Å². The van der Waals surface area contributed by atoms with Crippen molar-refractivity contribution < 1.29 is 23.8 Å². The van der Waals surface area contributed by atoms with Gasteiger partial charge in [-0.15, -0.1) is 0 Å². The van der Waals surface area contributed by atoms with E-state index in [2.05, 4.69) is 4.98 Å². The number of benzene rings is 2. The van der Waals surface area contributed by atoms with Gasteiger partial charge >= 0.3 is 0 Å². The molecule has 0 fully saturated rings. The van der Waals surface area contributed by atoms with Gasteiger partial charge in [-0.25, -0.2) is 4.98 Å². The first-order chi connectivity index (χ1) is 12.1. The lowest BCUT2D eigenvalue weighted by Crippen LogP contribution is -2.23. The zero-order valence-electron chi connectivity index (χ0n) is 13.5. The number of para-hydroxylation sites is 2. The van der Waals surface area contributed by atoms with Crippen molar-refractivity contribution in [1.29, 1.82) is 0 Å². The molecule has 0 aliphatic rings. The summed E-state index contributed by atoms with van der Waals surface area (Å²) in [5.41, 5.74) is 1.88. The van der Waals surface area contributed by atoms with Crippen LogP contribution < -0.4 is 14.6 Å². The number of aliphatic carboxylic acids is 1. The molecule has 2 aromatic carbocycles. The minimum atomic E-state index is -1.32. The summed E-state index contributed by atoms with van der Waals surface area (Å²) in [5.74, 6) is -0.260. The van der Waals surface area contributed by atoms with Gasteiger partial charge in [0.15, 0.2) is 17.1 Å². The van der Waals surface area contributed by atoms with Crippen molar-refractivity contribution in [2.45, 2.75) is 5.22 Å². The van der Waals surface area contributed by atoms with E-state index in [-0.39, 0.29) is 10.1 Å². The lowest BCUT2D eigenvalue weighted by Gasteiger charge is -2.09. The summed E-state index contributed by atoms with van der Waals surface area (Å²) in [4.78, 5) is 15.7. The first-order valence-corrected chi connectivity index (χ1v) is 8.11. The summed E-state index contributed by atoms with van der Waals surface area (Å²) in [7, 11) is 3.04. The molecule has 0 radical (unpaired) electrons. The van der Waals surface area contributed by atoms with Crippen molar-refractivity contribution in [3.63, 3.8) is 0 Å². The second kappa shape index (κ2) is 7.31. The fourth-order valence-corrected chi connectivity index (χ4v) is 2.95. The minimum Gasteiger partial charge on any atom is -0.544 e. The van der Waals surface area contributed by atoms with Crippen LogP contribution in [0.25, 0.3) is 17.2 Å². The van der Waals surface area contributed by atoms with E-state index < -0.39 is 5.97 Å². The monoisotopic (exact) mass is 356 g/mol. The molecule has 0 saturated heterocycles. The Hall–Kier alpha value is -2.93. The smallest absolute Gasteiger partial charge is 0.261 e. The number of hydrogen-bond donors (Lipinski definition) is 0. The van der Waals surface area contributed by atoms with Crippen LogP contribution in [0.15, 0.2) is 57.0 Å². The van der Waals surface area contributed by atoms with E-state index in [4.69, 9.17) is 13.9 Å². The summed E-state index contributed by atoms with van der Waals surface area (Å²) in [6, 6.07) is 12.3. The van der Waals surface area contributed by atoms with Crippen molar-refractivity contribution in [2.24, 2.45) is 0 Å². The second-order valence-corrected chi connectivity index (χ2v) is 5.95. The fraction of sp³-hybridized carbons (Fsp3) is 0.111. The van der Waals surface area contributed by atoms with Crippen LogP contribution in [0.5, 0.6) is 11.5 Å². The van der Waals surface area contributed by atoms with Crippen molar-refractivity contribution >= 4 is 34.9 Å². The van der Waals surface area contributed by atoms with Crippen LogP contribution in [0, 0.1) is 0 Å². The average Bonchev–Trinajstić information content (AvgIpc) is 3.03. The number of rotatable bonds is 6. The van der Waals surface area contributed by atoms with Crippen LogP contribution in [-0.2, 0) is 4.79 Å². The van der Waals surface area contributed by atoms with Gasteiger partial charge < -0.3 is 23.8 Å². The summed E-state index contributed by atoms with van der Waals surface area (Å²) >= 11 is 0.890. The van der Waals surface area contributed by atoms with Crippen molar-refractivity contribution in [3.05, 3.63) is 52.9 Å². The van der Waals surface area contributed by atoms with Gasteiger partial charge in [0, 0.05) is 4.91 Å². The third-order valence-electron chi connectivity index (χ3n) is 3.38. The van der Waals surface area contributed by atoms with Gasteiger partial charge in [0.05, 0.1) is 20.2 Å². The number of aromatic nitrogens is 1. The fourth-order valence-electron chi connectivity index (χ4n) is 2.21. The van der Waals surface area contributed by atoms with Crippen LogP contribution in [0.1, 0.15) is 5.56 Å². The summed E-state index contributed by atoms with van der Waals surface area (Å²) in [5, 5.41) is 11.7. The Morgan fingerprint density at radius 1 is 1.16 bits per heavy atom. The van der Waals surface area contributed by atoms with Gasteiger partial charge in [0.2, 0.25) is 0 Å². The third kappa shape index (κ3) is 3.77. The molecule has 0 bridgehead atoms. The Labute approximate surface area is 148 Å². The highest BCUT2D eigenvalue weighted by Gasteiger charge is 2.11. The zero-order valence-corrected chi connectivity index (χ0v) is 14.3. The molecule has 0 aliphatic carbocycles. The van der Waals surface area contributed by atoms with Gasteiger partial charge in [-0.05, 0) is 47.7 Å². The molecule has 128 valence electrons. The normalized spacial score (nSPS) is 11.5. The van der Waals surface area contributed by atoms with E-state index in [1.165, 1.54) is 20.3 Å². The summed E-state index contributed by atoms with van der Waals surface area (Å²) < 4.78 is 15.9. The maximum Gasteiger partial charge on any atom is 0.261 e. The van der Waals surface area contributed by atoms with E-state index in [0.29, 0.717) is 28.2 Å². The quantitative estimate of drug-likeness (QED) is 0.496. The lowest BCUT2D eigenvalue weighted by molar-refractivity contribution is -0.298. The molecule has 0 spiro atoms. The number of carboxylic acid groups (broad SMARTS) is 1. The minimum absolute atomic E-state index is 0.0289. The van der Waals surface area contributed by atoms with Gasteiger partial charge in [-0.2, -0.15) is 0 Å². The molecule has 7 heteroatoms. The number of carbonyl (C=O) groups is 1. The van der Waals surface area contributed by atoms with Gasteiger partial charge in [0.1, 0.15) is 5.52 Å². The van der Waals surface area contributed by atoms with Crippen LogP contribution >= 0.6 is 11.8 Å². The van der Waals surface area contributed by atoms with Crippen LogP contribution in [0.4, 0.5) is 0 Å². The maximum absolute atomic E-state index is 11.5. The van der Waals surface area contributed by atoms with E-state index in [9.17, 15) is 9.90 Å². The number of carbonyl (C=O) groups excluding carboxylic acids is 1. The molecule has 6 nitrogen and oxygen atoms in total. The Morgan fingerprint density at radius 3 is 2.60 bits per heavy atom. The van der Waals surface area contributed by atoms with Crippen LogP contribution in [0.2, 0.25) is 0 Å². The van der Waals surface area contributed by atoms with E-state index >= 15 is 0 Å². The predicted molar refractivity (Wildman–Crippen MR) is 92.4 cm³/mol. The molecule has 0 atom stereocenters. The van der Waals surface area contributed by atoms with Crippen LogP contribution in [-0.4, -0.2) is 25.2 Å². The van der Waals surface area contributed by atoms with Crippen molar-refractivity contribution in [2.75, 3.05) is 14.2 Å². The third-order valence-corrected chi connectivity index (χ3v) is 4.23. The Balaban J connectivity index is 1.92. The number of hydrogen-bond acceptors (Lipinski definition) is 7. The molecule has 3 rings (SSSR count). The molecule has 1 heterocycles. The summed E-state index contributed by atoms with van der Waals surface area (Å²) in [6.07, 6.45) is 1.47. The lowest BCUT2D eigenvalue weighted by atomic mass is 10.2. The number of nitrogens with zero attached hydrogens (tertiary/aromatic N) is 1. The average molecular weight is 356 g/mol. The molecule has 0 unspecified atom stereocenters. The second-order valence-electron chi connectivity index (χ2n) is 4.96. The molecular formula is C18H14NO5S-. The standard InChI is InChI=1S/C18H15NO5S/c1-22-14-8-7-11(9-15(14)23-2)10-16(17(20)21)25-18-19-12-5-3-4-6-13(12)24-18/h3-10H,1-2H3,(H,20,21)/p-1/b16-10+. The summed E-state index contributed by atoms with van der Waals surface area (Å²) in [6.45, 7) is 0. The van der Waals surface area contributed by atoms with Gasteiger partial charge in [-0.1, -0.05) is 18.2 Å². The number of oxazole rings is 1. The number of ether oxygens (including phenoxy) is 2. The molecule has 0 amide bonds. The Kier molecular flexibility index (Phi) is 4.95. The highest BCUT2D eigenvalue weighted by molar-refractivity contribution is 8.03. The zero-order chi connectivity index (χ0) is 17.8.